The first-order valence-corrected chi connectivity index (χ1v) is 11.3. The van der Waals surface area contributed by atoms with E-state index in [1.807, 2.05) is 36.7 Å². The third-order valence-corrected chi connectivity index (χ3v) is 6.68. The zero-order valence-corrected chi connectivity index (χ0v) is 17.8. The first kappa shape index (κ1) is 19.2. The number of hydrogen-bond acceptors (Lipinski definition) is 3. The van der Waals surface area contributed by atoms with E-state index in [0.717, 1.165) is 16.5 Å². The highest BCUT2D eigenvalue weighted by atomic mass is 32.1. The Morgan fingerprint density at radius 2 is 1.77 bits per heavy atom. The topological polar surface area (TPSA) is 46.0 Å². The first-order chi connectivity index (χ1) is 14.8. The lowest BCUT2D eigenvalue weighted by atomic mass is 9.95. The molecule has 5 rings (SSSR count). The SMILES string of the molecule is S=C1N[C@H](c2ccccn2)[C@H](c2ccn(C3CCCCC3)c2)N1Cc1ccccn1. The van der Waals surface area contributed by atoms with Gasteiger partial charge in [-0.3, -0.25) is 9.97 Å². The molecule has 3 aromatic rings. The molecule has 1 aliphatic heterocycles. The van der Waals surface area contributed by atoms with E-state index in [2.05, 4.69) is 55.3 Å². The summed E-state index contributed by atoms with van der Waals surface area (Å²) in [5.41, 5.74) is 3.30. The summed E-state index contributed by atoms with van der Waals surface area (Å²) in [7, 11) is 0. The minimum absolute atomic E-state index is 0.0182. The zero-order valence-electron chi connectivity index (χ0n) is 17.0. The Labute approximate surface area is 183 Å². The van der Waals surface area contributed by atoms with Gasteiger partial charge in [0.2, 0.25) is 0 Å². The number of hydrogen-bond donors (Lipinski definition) is 1. The molecule has 3 aromatic heterocycles. The van der Waals surface area contributed by atoms with Gasteiger partial charge < -0.3 is 14.8 Å². The van der Waals surface area contributed by atoms with Gasteiger partial charge in [0.15, 0.2) is 5.11 Å². The molecule has 0 spiro atoms. The van der Waals surface area contributed by atoms with E-state index in [4.69, 9.17) is 12.2 Å². The van der Waals surface area contributed by atoms with Gasteiger partial charge in [-0.1, -0.05) is 31.4 Å². The van der Waals surface area contributed by atoms with Crippen LogP contribution in [-0.4, -0.2) is 24.5 Å². The van der Waals surface area contributed by atoms with Crippen LogP contribution in [0.15, 0.2) is 67.3 Å². The van der Waals surface area contributed by atoms with E-state index in [1.54, 1.807) is 0 Å². The highest BCUT2D eigenvalue weighted by molar-refractivity contribution is 7.80. The van der Waals surface area contributed by atoms with Gasteiger partial charge in [-0.25, -0.2) is 0 Å². The first-order valence-electron chi connectivity index (χ1n) is 10.8. The number of thiocarbonyl (C=S) groups is 1. The lowest BCUT2D eigenvalue weighted by molar-refractivity contribution is 0.306. The van der Waals surface area contributed by atoms with Gasteiger partial charge in [0.05, 0.1) is 30.0 Å². The van der Waals surface area contributed by atoms with Crippen LogP contribution in [0.1, 0.15) is 67.2 Å². The quantitative estimate of drug-likeness (QED) is 0.595. The molecule has 0 bridgehead atoms. The van der Waals surface area contributed by atoms with Crippen molar-refractivity contribution in [2.24, 2.45) is 0 Å². The van der Waals surface area contributed by atoms with Crippen LogP contribution in [0.4, 0.5) is 0 Å². The predicted molar refractivity (Wildman–Crippen MR) is 122 cm³/mol. The molecule has 1 N–H and O–H groups in total. The van der Waals surface area contributed by atoms with E-state index in [0.29, 0.717) is 12.6 Å². The summed E-state index contributed by atoms with van der Waals surface area (Å²) in [5, 5.41) is 4.29. The van der Waals surface area contributed by atoms with Gasteiger partial charge >= 0.3 is 0 Å². The molecule has 0 radical (unpaired) electrons. The van der Waals surface area contributed by atoms with Crippen molar-refractivity contribution in [3.05, 3.63) is 84.2 Å². The van der Waals surface area contributed by atoms with Crippen LogP contribution in [0.5, 0.6) is 0 Å². The lowest BCUT2D eigenvalue weighted by Gasteiger charge is -2.27. The maximum Gasteiger partial charge on any atom is 0.170 e. The summed E-state index contributed by atoms with van der Waals surface area (Å²) >= 11 is 5.78. The van der Waals surface area contributed by atoms with Gasteiger partial charge in [-0.05, 0) is 61.0 Å². The molecule has 30 heavy (non-hydrogen) atoms. The van der Waals surface area contributed by atoms with E-state index in [1.165, 1.54) is 37.7 Å². The fourth-order valence-corrected chi connectivity index (χ4v) is 5.12. The number of nitrogens with zero attached hydrogens (tertiary/aromatic N) is 4. The van der Waals surface area contributed by atoms with E-state index in [9.17, 15) is 0 Å². The van der Waals surface area contributed by atoms with E-state index in [-0.39, 0.29) is 12.1 Å². The van der Waals surface area contributed by atoms with Crippen molar-refractivity contribution in [3.8, 4) is 0 Å². The van der Waals surface area contributed by atoms with E-state index < -0.39 is 0 Å². The van der Waals surface area contributed by atoms with Crippen molar-refractivity contribution in [2.45, 2.75) is 56.8 Å². The van der Waals surface area contributed by atoms with Crippen LogP contribution in [-0.2, 0) is 6.54 Å². The Balaban J connectivity index is 1.49. The Bertz CT molecular complexity index is 981. The molecule has 6 heteroatoms. The molecule has 1 saturated carbocycles. The maximum atomic E-state index is 5.78. The maximum absolute atomic E-state index is 5.78. The zero-order chi connectivity index (χ0) is 20.3. The van der Waals surface area contributed by atoms with Crippen molar-refractivity contribution in [2.75, 3.05) is 0 Å². The van der Waals surface area contributed by atoms with Crippen molar-refractivity contribution < 1.29 is 0 Å². The molecule has 2 aliphatic rings. The summed E-state index contributed by atoms with van der Waals surface area (Å²) in [4.78, 5) is 11.4. The number of nitrogens with one attached hydrogen (secondary N) is 1. The molecule has 1 saturated heterocycles. The van der Waals surface area contributed by atoms with Crippen LogP contribution in [0, 0.1) is 0 Å². The molecule has 2 atom stereocenters. The Hall–Kier alpha value is -2.73. The third kappa shape index (κ3) is 3.84. The largest absolute Gasteiger partial charge is 0.352 e. The second kappa shape index (κ2) is 8.56. The monoisotopic (exact) mass is 417 g/mol. The Morgan fingerprint density at radius 3 is 2.50 bits per heavy atom. The molecule has 4 heterocycles. The average Bonchev–Trinajstić information content (AvgIpc) is 3.41. The number of pyridine rings is 2. The van der Waals surface area contributed by atoms with E-state index >= 15 is 0 Å². The third-order valence-electron chi connectivity index (χ3n) is 6.33. The summed E-state index contributed by atoms with van der Waals surface area (Å²) < 4.78 is 2.42. The van der Waals surface area contributed by atoms with Crippen LogP contribution in [0.25, 0.3) is 0 Å². The lowest BCUT2D eigenvalue weighted by Crippen LogP contribution is -2.29. The van der Waals surface area contributed by atoms with Gasteiger partial charge in [-0.2, -0.15) is 0 Å². The summed E-state index contributed by atoms with van der Waals surface area (Å²) in [6.45, 7) is 0.676. The van der Waals surface area contributed by atoms with Gasteiger partial charge in [0, 0.05) is 30.8 Å². The molecule has 0 amide bonds. The van der Waals surface area contributed by atoms with Crippen LogP contribution in [0.2, 0.25) is 0 Å². The number of rotatable bonds is 5. The van der Waals surface area contributed by atoms with Gasteiger partial charge in [0.1, 0.15) is 0 Å². The fraction of sp³-hybridized carbons (Fsp3) is 0.375. The molecule has 154 valence electrons. The van der Waals surface area contributed by atoms with Gasteiger partial charge in [-0.15, -0.1) is 0 Å². The van der Waals surface area contributed by atoms with Gasteiger partial charge in [0.25, 0.3) is 0 Å². The minimum Gasteiger partial charge on any atom is -0.352 e. The molecule has 1 aliphatic carbocycles. The smallest absolute Gasteiger partial charge is 0.170 e. The molecular weight excluding hydrogens is 390 g/mol. The number of aromatic nitrogens is 3. The molecule has 0 unspecified atom stereocenters. The molecule has 5 nitrogen and oxygen atoms in total. The summed E-state index contributed by atoms with van der Waals surface area (Å²) in [6.07, 6.45) is 14.8. The summed E-state index contributed by atoms with van der Waals surface area (Å²) in [5.74, 6) is 0. The van der Waals surface area contributed by atoms with Crippen molar-refractivity contribution >= 4 is 17.3 Å². The van der Waals surface area contributed by atoms with Crippen molar-refractivity contribution in [1.82, 2.24) is 24.8 Å². The highest BCUT2D eigenvalue weighted by Crippen LogP contribution is 2.40. The Morgan fingerprint density at radius 1 is 0.967 bits per heavy atom. The molecular formula is C24H27N5S. The minimum atomic E-state index is 0.0182. The second-order valence-corrected chi connectivity index (χ2v) is 8.65. The second-order valence-electron chi connectivity index (χ2n) is 8.26. The van der Waals surface area contributed by atoms with Crippen LogP contribution < -0.4 is 5.32 Å². The van der Waals surface area contributed by atoms with Crippen molar-refractivity contribution in [3.63, 3.8) is 0 Å². The van der Waals surface area contributed by atoms with Crippen LogP contribution in [0.3, 0.4) is 0 Å². The summed E-state index contributed by atoms with van der Waals surface area (Å²) in [6, 6.07) is 15.1. The fourth-order valence-electron chi connectivity index (χ4n) is 4.82. The normalized spacial score (nSPS) is 22.3. The van der Waals surface area contributed by atoms with Crippen molar-refractivity contribution in [1.29, 1.82) is 0 Å². The average molecular weight is 418 g/mol. The van der Waals surface area contributed by atoms with Crippen LogP contribution >= 0.6 is 12.2 Å². The molecule has 0 aromatic carbocycles. The molecule has 2 fully saturated rings. The standard InChI is InChI=1S/C24H27N5S/c30-24-27-22(21-11-5-7-14-26-21)23(29(24)17-19-8-4-6-13-25-19)18-12-15-28(16-18)20-9-2-1-3-10-20/h4-8,11-16,20,22-23H,1-3,9-10,17H2,(H,27,30)/t22-,23+/m1/s1. The highest BCUT2D eigenvalue weighted by Gasteiger charge is 2.40. The predicted octanol–water partition coefficient (Wildman–Crippen LogP) is 4.96. The Kier molecular flexibility index (Phi) is 5.49.